The Kier molecular flexibility index (Phi) is 3.49. The molecule has 4 nitrogen and oxygen atoms in total. The predicted molar refractivity (Wildman–Crippen MR) is 46.2 cm³/mol. The minimum Gasteiger partial charge on any atom is -0.481 e. The van der Waals surface area contributed by atoms with Gasteiger partial charge in [-0.25, -0.2) is 0 Å². The third-order valence-electron chi connectivity index (χ3n) is 2.24. The van der Waals surface area contributed by atoms with E-state index in [0.717, 1.165) is 26.2 Å². The number of carbonyl (C=O) groups is 1. The fraction of sp³-hybridized carbons (Fsp3) is 0.875. The van der Waals surface area contributed by atoms with Crippen molar-refractivity contribution in [3.05, 3.63) is 0 Å². The summed E-state index contributed by atoms with van der Waals surface area (Å²) in [6.45, 7) is 5.86. The summed E-state index contributed by atoms with van der Waals surface area (Å²) in [6.07, 6.45) is 0.250. The lowest BCUT2D eigenvalue weighted by atomic mass is 10.2. The molecule has 0 unspecified atom stereocenters. The third-order valence-corrected chi connectivity index (χ3v) is 2.24. The summed E-state index contributed by atoms with van der Waals surface area (Å²) in [4.78, 5) is 12.6. The molecule has 1 atom stereocenters. The standard InChI is InChI=1S/C8H16N2O2/c1-7(6-8(11)12)10-4-2-9-3-5-10/h7,9H,2-6H2,1H3,(H,11,12)/t7-/m0/s1. The number of nitrogens with one attached hydrogen (secondary N) is 1. The monoisotopic (exact) mass is 172 g/mol. The molecule has 0 saturated carbocycles. The van der Waals surface area contributed by atoms with Gasteiger partial charge in [-0.2, -0.15) is 0 Å². The van der Waals surface area contributed by atoms with E-state index in [0.29, 0.717) is 0 Å². The van der Waals surface area contributed by atoms with E-state index in [-0.39, 0.29) is 12.5 Å². The fourth-order valence-corrected chi connectivity index (χ4v) is 1.50. The largest absolute Gasteiger partial charge is 0.481 e. The Morgan fingerprint density at radius 2 is 2.17 bits per heavy atom. The molecule has 70 valence electrons. The molecule has 4 heteroatoms. The Bertz CT molecular complexity index is 155. The highest BCUT2D eigenvalue weighted by Gasteiger charge is 2.18. The number of carboxylic acids is 1. The van der Waals surface area contributed by atoms with Crippen molar-refractivity contribution in [2.24, 2.45) is 0 Å². The van der Waals surface area contributed by atoms with E-state index >= 15 is 0 Å². The molecule has 1 fully saturated rings. The van der Waals surface area contributed by atoms with Gasteiger partial charge in [0.1, 0.15) is 0 Å². The van der Waals surface area contributed by atoms with Crippen molar-refractivity contribution in [2.45, 2.75) is 19.4 Å². The fourth-order valence-electron chi connectivity index (χ4n) is 1.50. The van der Waals surface area contributed by atoms with Gasteiger partial charge >= 0.3 is 5.97 Å². The molecule has 0 aromatic rings. The zero-order valence-corrected chi connectivity index (χ0v) is 7.42. The van der Waals surface area contributed by atoms with Crippen LogP contribution >= 0.6 is 0 Å². The van der Waals surface area contributed by atoms with E-state index in [1.54, 1.807) is 0 Å². The minimum atomic E-state index is -0.707. The van der Waals surface area contributed by atoms with Crippen LogP contribution in [0.3, 0.4) is 0 Å². The summed E-state index contributed by atoms with van der Waals surface area (Å²) in [7, 11) is 0. The molecule has 0 spiro atoms. The number of aliphatic carboxylic acids is 1. The summed E-state index contributed by atoms with van der Waals surface area (Å²) in [5.41, 5.74) is 0. The van der Waals surface area contributed by atoms with Gasteiger partial charge in [0.2, 0.25) is 0 Å². The number of hydrogen-bond acceptors (Lipinski definition) is 3. The van der Waals surface area contributed by atoms with Gasteiger partial charge in [0.15, 0.2) is 0 Å². The molecule has 0 amide bonds. The Balaban J connectivity index is 2.29. The summed E-state index contributed by atoms with van der Waals surface area (Å²) in [5.74, 6) is -0.707. The maximum Gasteiger partial charge on any atom is 0.304 e. The maximum atomic E-state index is 10.4. The molecule has 0 bridgehead atoms. The van der Waals surface area contributed by atoms with Crippen molar-refractivity contribution in [1.29, 1.82) is 0 Å². The third kappa shape index (κ3) is 2.79. The molecule has 1 saturated heterocycles. The van der Waals surface area contributed by atoms with E-state index in [2.05, 4.69) is 10.2 Å². The van der Waals surface area contributed by atoms with Crippen molar-refractivity contribution < 1.29 is 9.90 Å². The highest BCUT2D eigenvalue weighted by molar-refractivity contribution is 5.67. The predicted octanol–water partition coefficient (Wildman–Crippen LogP) is -0.245. The van der Waals surface area contributed by atoms with Gasteiger partial charge < -0.3 is 10.4 Å². The lowest BCUT2D eigenvalue weighted by Crippen LogP contribution is -2.47. The highest BCUT2D eigenvalue weighted by Crippen LogP contribution is 2.04. The van der Waals surface area contributed by atoms with Crippen LogP contribution in [0.1, 0.15) is 13.3 Å². The van der Waals surface area contributed by atoms with E-state index in [9.17, 15) is 4.79 Å². The Morgan fingerprint density at radius 1 is 1.58 bits per heavy atom. The number of carboxylic acid groups (broad SMARTS) is 1. The average molecular weight is 172 g/mol. The number of nitrogens with zero attached hydrogens (tertiary/aromatic N) is 1. The Hall–Kier alpha value is -0.610. The summed E-state index contributed by atoms with van der Waals surface area (Å²) < 4.78 is 0. The molecule has 0 aliphatic carbocycles. The highest BCUT2D eigenvalue weighted by atomic mass is 16.4. The molecular weight excluding hydrogens is 156 g/mol. The maximum absolute atomic E-state index is 10.4. The molecule has 0 radical (unpaired) electrons. The van der Waals surface area contributed by atoms with E-state index in [1.807, 2.05) is 6.92 Å². The second-order valence-electron chi connectivity index (χ2n) is 3.23. The van der Waals surface area contributed by atoms with Crippen molar-refractivity contribution in [2.75, 3.05) is 26.2 Å². The van der Waals surface area contributed by atoms with Crippen LogP contribution in [-0.4, -0.2) is 48.2 Å². The molecule has 12 heavy (non-hydrogen) atoms. The van der Waals surface area contributed by atoms with Gasteiger partial charge in [0, 0.05) is 32.2 Å². The topological polar surface area (TPSA) is 52.6 Å². The van der Waals surface area contributed by atoms with Gasteiger partial charge in [0.25, 0.3) is 0 Å². The SMILES string of the molecule is C[C@@H](CC(=O)O)N1CCNCC1. The van der Waals surface area contributed by atoms with Crippen molar-refractivity contribution in [3.8, 4) is 0 Å². The lowest BCUT2D eigenvalue weighted by molar-refractivity contribution is -0.138. The molecule has 0 aromatic heterocycles. The van der Waals surface area contributed by atoms with Gasteiger partial charge in [-0.15, -0.1) is 0 Å². The first-order chi connectivity index (χ1) is 5.70. The summed E-state index contributed by atoms with van der Waals surface area (Å²) in [5, 5.41) is 11.8. The lowest BCUT2D eigenvalue weighted by Gasteiger charge is -2.31. The van der Waals surface area contributed by atoms with Crippen molar-refractivity contribution in [3.63, 3.8) is 0 Å². The number of piperazine rings is 1. The molecule has 2 N–H and O–H groups in total. The van der Waals surface area contributed by atoms with Gasteiger partial charge in [-0.05, 0) is 6.92 Å². The van der Waals surface area contributed by atoms with Gasteiger partial charge in [-0.3, -0.25) is 9.69 Å². The molecular formula is C8H16N2O2. The van der Waals surface area contributed by atoms with Crippen LogP contribution in [0.5, 0.6) is 0 Å². The summed E-state index contributed by atoms with van der Waals surface area (Å²) in [6, 6.07) is 0.171. The second kappa shape index (κ2) is 4.42. The normalized spacial score (nSPS) is 22.1. The van der Waals surface area contributed by atoms with E-state index in [4.69, 9.17) is 5.11 Å². The second-order valence-corrected chi connectivity index (χ2v) is 3.23. The van der Waals surface area contributed by atoms with Crippen LogP contribution < -0.4 is 5.32 Å². The van der Waals surface area contributed by atoms with Crippen LogP contribution in [0.15, 0.2) is 0 Å². The smallest absolute Gasteiger partial charge is 0.304 e. The first kappa shape index (κ1) is 9.48. The van der Waals surface area contributed by atoms with E-state index in [1.165, 1.54) is 0 Å². The number of hydrogen-bond donors (Lipinski definition) is 2. The molecule has 1 heterocycles. The molecule has 1 rings (SSSR count). The first-order valence-electron chi connectivity index (χ1n) is 4.36. The average Bonchev–Trinajstić information content (AvgIpc) is 2.05. The van der Waals surface area contributed by atoms with Crippen molar-refractivity contribution in [1.82, 2.24) is 10.2 Å². The first-order valence-corrected chi connectivity index (χ1v) is 4.36. The summed E-state index contributed by atoms with van der Waals surface area (Å²) >= 11 is 0. The Labute approximate surface area is 72.6 Å². The van der Waals surface area contributed by atoms with E-state index < -0.39 is 5.97 Å². The quantitative estimate of drug-likeness (QED) is 0.616. The number of rotatable bonds is 3. The minimum absolute atomic E-state index is 0.171. The van der Waals surface area contributed by atoms with Crippen LogP contribution in [0.2, 0.25) is 0 Å². The van der Waals surface area contributed by atoms with Crippen LogP contribution in [0, 0.1) is 0 Å². The zero-order chi connectivity index (χ0) is 8.97. The van der Waals surface area contributed by atoms with Gasteiger partial charge in [0.05, 0.1) is 6.42 Å². The molecule has 1 aliphatic heterocycles. The Morgan fingerprint density at radius 3 is 2.67 bits per heavy atom. The van der Waals surface area contributed by atoms with Gasteiger partial charge in [-0.1, -0.05) is 0 Å². The van der Waals surface area contributed by atoms with Crippen LogP contribution in [-0.2, 0) is 4.79 Å². The molecule has 1 aliphatic rings. The van der Waals surface area contributed by atoms with Crippen LogP contribution in [0.4, 0.5) is 0 Å². The molecule has 0 aromatic carbocycles. The van der Waals surface area contributed by atoms with Crippen LogP contribution in [0.25, 0.3) is 0 Å². The zero-order valence-electron chi connectivity index (χ0n) is 7.42. The van der Waals surface area contributed by atoms with Crippen molar-refractivity contribution >= 4 is 5.97 Å².